The first-order valence-electron chi connectivity index (χ1n) is 23.2. The molecule has 0 aliphatic carbocycles. The van der Waals surface area contributed by atoms with E-state index in [4.69, 9.17) is 9.47 Å². The van der Waals surface area contributed by atoms with Crippen LogP contribution in [0.3, 0.4) is 0 Å². The number of pyridine rings is 1. The third-order valence-electron chi connectivity index (χ3n) is 13.6. The lowest BCUT2D eigenvalue weighted by Gasteiger charge is -2.35. The molecule has 8 heterocycles. The zero-order valence-electron chi connectivity index (χ0n) is 37.7. The number of aromatic nitrogens is 4. The van der Waals surface area contributed by atoms with Crippen molar-refractivity contribution in [1.29, 1.82) is 0 Å². The number of carbonyl (C=O) groups excluding carboxylic acids is 5. The van der Waals surface area contributed by atoms with Gasteiger partial charge in [0.15, 0.2) is 0 Å². The minimum Gasteiger partial charge on any atom is -0.378 e. The average molecular weight is 908 g/mol. The number of imide groups is 2. The van der Waals surface area contributed by atoms with Gasteiger partial charge in [0.2, 0.25) is 17.8 Å². The molecule has 9 rings (SSSR count). The number of ether oxygens (including phenoxy) is 2. The molecule has 5 amide bonds. The van der Waals surface area contributed by atoms with Crippen molar-refractivity contribution in [2.24, 2.45) is 0 Å². The van der Waals surface area contributed by atoms with E-state index in [0.717, 1.165) is 67.5 Å². The minimum atomic E-state index is -1.13. The van der Waals surface area contributed by atoms with E-state index < -0.39 is 41.9 Å². The van der Waals surface area contributed by atoms with Crippen molar-refractivity contribution in [3.63, 3.8) is 0 Å². The van der Waals surface area contributed by atoms with Gasteiger partial charge in [0.1, 0.15) is 23.8 Å². The van der Waals surface area contributed by atoms with Crippen molar-refractivity contribution in [3.8, 4) is 0 Å². The molecule has 3 N–H and O–H groups in total. The number of methoxy groups -OCH3 is 1. The fourth-order valence-electron chi connectivity index (χ4n) is 9.98. The third-order valence-corrected chi connectivity index (χ3v) is 13.6. The Morgan fingerprint density at radius 1 is 0.939 bits per heavy atom. The van der Waals surface area contributed by atoms with Crippen LogP contribution in [0.4, 0.5) is 27.7 Å². The molecule has 350 valence electrons. The van der Waals surface area contributed by atoms with Gasteiger partial charge < -0.3 is 39.4 Å². The molecule has 4 saturated heterocycles. The summed E-state index contributed by atoms with van der Waals surface area (Å²) in [6.07, 6.45) is 8.70. The van der Waals surface area contributed by atoms with E-state index in [-0.39, 0.29) is 49.0 Å². The number of halogens is 1. The first kappa shape index (κ1) is 45.1. The van der Waals surface area contributed by atoms with Gasteiger partial charge in [0.05, 0.1) is 46.6 Å². The van der Waals surface area contributed by atoms with Crippen molar-refractivity contribution in [2.75, 3.05) is 74.6 Å². The number of hydrogen-bond acceptors (Lipinski definition) is 14. The highest BCUT2D eigenvalue weighted by atomic mass is 19.1. The zero-order valence-corrected chi connectivity index (χ0v) is 37.7. The van der Waals surface area contributed by atoms with Crippen molar-refractivity contribution in [3.05, 3.63) is 65.6 Å². The lowest BCUT2D eigenvalue weighted by molar-refractivity contribution is -0.136. The van der Waals surface area contributed by atoms with Gasteiger partial charge in [-0.25, -0.2) is 14.4 Å². The van der Waals surface area contributed by atoms with E-state index in [2.05, 4.69) is 59.1 Å². The number of rotatable bonds is 14. The lowest BCUT2D eigenvalue weighted by atomic mass is 10.0. The number of alkyl halides is 1. The largest absolute Gasteiger partial charge is 0.378 e. The number of nitrogens with one attached hydrogen (secondary N) is 3. The fourth-order valence-corrected chi connectivity index (χ4v) is 9.98. The normalized spacial score (nSPS) is 22.4. The van der Waals surface area contributed by atoms with Gasteiger partial charge in [-0.1, -0.05) is 6.07 Å². The molecule has 5 aliphatic rings. The number of nitrogens with zero attached hydrogens (tertiary/aromatic N) is 8. The second kappa shape index (κ2) is 19.4. The molecule has 0 spiro atoms. The Morgan fingerprint density at radius 3 is 2.47 bits per heavy atom. The van der Waals surface area contributed by atoms with E-state index in [0.29, 0.717) is 67.1 Å². The quantitative estimate of drug-likeness (QED) is 0.119. The molecule has 3 aromatic heterocycles. The van der Waals surface area contributed by atoms with Crippen LogP contribution in [0.25, 0.3) is 10.9 Å². The summed E-state index contributed by atoms with van der Waals surface area (Å²) in [4.78, 5) is 86.0. The van der Waals surface area contributed by atoms with Gasteiger partial charge in [-0.15, -0.1) is 0 Å². The van der Waals surface area contributed by atoms with Crippen molar-refractivity contribution in [1.82, 2.24) is 40.0 Å². The maximum Gasteiger partial charge on any atom is 0.264 e. The second-order valence-corrected chi connectivity index (χ2v) is 18.2. The summed E-state index contributed by atoms with van der Waals surface area (Å²) in [5.74, 6) is -0.598. The van der Waals surface area contributed by atoms with Gasteiger partial charge >= 0.3 is 0 Å². The van der Waals surface area contributed by atoms with Crippen molar-refractivity contribution >= 4 is 63.7 Å². The number of fused-ring (bicyclic) bond motifs is 2. The highest BCUT2D eigenvalue weighted by Gasteiger charge is 2.46. The second-order valence-electron chi connectivity index (χ2n) is 18.2. The van der Waals surface area contributed by atoms with Gasteiger partial charge in [-0.3, -0.25) is 34.2 Å². The van der Waals surface area contributed by atoms with Crippen LogP contribution < -0.4 is 25.8 Å². The molecule has 1 aromatic carbocycles. The molecule has 5 aliphatic heterocycles. The summed E-state index contributed by atoms with van der Waals surface area (Å²) in [6.45, 7) is 9.53. The predicted octanol–water partition coefficient (Wildman–Crippen LogP) is 4.39. The van der Waals surface area contributed by atoms with Gasteiger partial charge in [0, 0.05) is 102 Å². The van der Waals surface area contributed by atoms with Crippen LogP contribution in [0, 0.1) is 0 Å². The van der Waals surface area contributed by atoms with Crippen LogP contribution in [0.5, 0.6) is 0 Å². The number of amides is 5. The first-order chi connectivity index (χ1) is 31.9. The number of likely N-dealkylation sites (tertiary alicyclic amines) is 1. The molecule has 4 fully saturated rings. The van der Waals surface area contributed by atoms with Gasteiger partial charge in [-0.05, 0) is 77.0 Å². The molecule has 4 aromatic rings. The van der Waals surface area contributed by atoms with Crippen LogP contribution in [0.15, 0.2) is 48.9 Å². The summed E-state index contributed by atoms with van der Waals surface area (Å²) in [7, 11) is 1.53. The van der Waals surface area contributed by atoms with Gasteiger partial charge in [0.25, 0.3) is 17.7 Å². The molecule has 0 bridgehead atoms. The fraction of sp³-hybridized carbons (Fsp3) is 0.532. The molecule has 19 heteroatoms. The monoisotopic (exact) mass is 907 g/mol. The molecular weight excluding hydrogens is 850 g/mol. The van der Waals surface area contributed by atoms with Crippen LogP contribution in [0.2, 0.25) is 0 Å². The number of carbonyl (C=O) groups is 5. The van der Waals surface area contributed by atoms with E-state index in [1.807, 2.05) is 23.2 Å². The molecule has 66 heavy (non-hydrogen) atoms. The average Bonchev–Trinajstić information content (AvgIpc) is 3.83. The SMILES string of the molecule is CO[C@@H]1CCN(c2nccc(Nc3cc4c(cn3)c(C(=O)NC3CCN(CCCOC5CCN(c6cccc7c6C(=O)N(C6CCC(=O)NC6=O)C7=O)CC5)CC3)cn4C(C)C)n2)C[C@@H]1F. The Morgan fingerprint density at radius 2 is 1.73 bits per heavy atom. The Bertz CT molecular complexity index is 2480. The first-order valence-corrected chi connectivity index (χ1v) is 23.2. The summed E-state index contributed by atoms with van der Waals surface area (Å²) < 4.78 is 28.3. The highest BCUT2D eigenvalue weighted by Crippen LogP contribution is 2.36. The van der Waals surface area contributed by atoms with Crippen molar-refractivity contribution < 1.29 is 37.8 Å². The highest BCUT2D eigenvalue weighted by molar-refractivity contribution is 6.25. The number of piperidine rings is 4. The smallest absolute Gasteiger partial charge is 0.264 e. The van der Waals surface area contributed by atoms with E-state index in [1.54, 1.807) is 30.6 Å². The summed E-state index contributed by atoms with van der Waals surface area (Å²) in [5, 5.41) is 9.59. The van der Waals surface area contributed by atoms with Crippen LogP contribution in [-0.2, 0) is 19.1 Å². The minimum absolute atomic E-state index is 0.0567. The zero-order chi connectivity index (χ0) is 46.1. The van der Waals surface area contributed by atoms with Crippen molar-refractivity contribution in [2.45, 2.75) is 102 Å². The van der Waals surface area contributed by atoms with E-state index in [9.17, 15) is 28.4 Å². The van der Waals surface area contributed by atoms with E-state index >= 15 is 0 Å². The summed E-state index contributed by atoms with van der Waals surface area (Å²) >= 11 is 0. The lowest BCUT2D eigenvalue weighted by Crippen LogP contribution is -2.54. The maximum absolute atomic E-state index is 14.6. The number of hydrogen-bond donors (Lipinski definition) is 3. The Hall–Kier alpha value is -6.05. The predicted molar refractivity (Wildman–Crippen MR) is 244 cm³/mol. The number of anilines is 4. The van der Waals surface area contributed by atoms with Crippen LogP contribution in [0.1, 0.15) is 102 Å². The number of benzene rings is 1. The Labute approximate surface area is 382 Å². The van der Waals surface area contributed by atoms with Crippen LogP contribution in [-0.4, -0.2) is 149 Å². The van der Waals surface area contributed by atoms with Crippen LogP contribution >= 0.6 is 0 Å². The molecule has 0 saturated carbocycles. The standard InChI is InChI=1S/C47H58FN11O7/c1-28(2)58-26-33(32-25-50-40(24-37(32)58)52-39-10-16-49-47(53-39)57-22-15-38(65-3)34(48)27-57)43(61)51-29-11-18-55(19-12-29)17-5-23-66-30-13-20-56(21-14-30)35-7-4-6-31-42(35)46(64)59(45(31)63)36-8-9-41(60)54-44(36)62/h4,6-7,10,16,24-26,28-30,34,36,38H,5,8-9,11-15,17-23,27H2,1-3H3,(H,51,61)(H,54,60,62)(H,49,50,52,53)/t34-,36?,38+/m0/s1. The maximum atomic E-state index is 14.6. The molecule has 3 atom stereocenters. The Kier molecular flexibility index (Phi) is 13.3. The third kappa shape index (κ3) is 9.33. The molecule has 0 radical (unpaired) electrons. The Balaban J connectivity index is 0.718. The molecular formula is C47H58FN11O7. The van der Waals surface area contributed by atoms with E-state index in [1.165, 1.54) is 7.11 Å². The summed E-state index contributed by atoms with van der Waals surface area (Å²) in [5.41, 5.74) is 2.75. The molecule has 18 nitrogen and oxygen atoms in total. The topological polar surface area (TPSA) is 196 Å². The summed E-state index contributed by atoms with van der Waals surface area (Å²) in [6, 6.07) is 8.06. The molecule has 1 unspecified atom stereocenters. The van der Waals surface area contributed by atoms with Gasteiger partial charge in [-0.2, -0.15) is 4.98 Å².